The summed E-state index contributed by atoms with van der Waals surface area (Å²) >= 11 is 0. The van der Waals surface area contributed by atoms with E-state index in [9.17, 15) is 5.11 Å². The zero-order valence-electron chi connectivity index (χ0n) is 9.55. The van der Waals surface area contributed by atoms with Gasteiger partial charge in [-0.1, -0.05) is 13.8 Å². The quantitative estimate of drug-likeness (QED) is 0.737. The van der Waals surface area contributed by atoms with Crippen molar-refractivity contribution in [3.8, 4) is 0 Å². The molecule has 1 aliphatic rings. The van der Waals surface area contributed by atoms with Crippen LogP contribution in [0.3, 0.4) is 0 Å². The number of nitrogens with zero attached hydrogens (tertiary/aromatic N) is 1. The molecule has 1 heterocycles. The van der Waals surface area contributed by atoms with Crippen LogP contribution in [0.5, 0.6) is 0 Å². The van der Waals surface area contributed by atoms with E-state index in [1.54, 1.807) is 7.11 Å². The van der Waals surface area contributed by atoms with Gasteiger partial charge in [-0.25, -0.2) is 0 Å². The molecular formula is C11H22NO2. The molecule has 0 aromatic rings. The van der Waals surface area contributed by atoms with Crippen LogP contribution in [0.4, 0.5) is 0 Å². The van der Waals surface area contributed by atoms with E-state index in [1.165, 1.54) is 5.92 Å². The van der Waals surface area contributed by atoms with E-state index in [0.717, 1.165) is 32.5 Å². The van der Waals surface area contributed by atoms with Gasteiger partial charge < -0.3 is 14.7 Å². The van der Waals surface area contributed by atoms with Crippen molar-refractivity contribution in [3.05, 3.63) is 5.92 Å². The van der Waals surface area contributed by atoms with E-state index >= 15 is 0 Å². The Kier molecular flexibility index (Phi) is 4.35. The summed E-state index contributed by atoms with van der Waals surface area (Å²) in [5.41, 5.74) is -0.576. The lowest BCUT2D eigenvalue weighted by molar-refractivity contribution is -0.0701. The van der Waals surface area contributed by atoms with Crippen LogP contribution in [0.2, 0.25) is 0 Å². The Morgan fingerprint density at radius 3 is 2.36 bits per heavy atom. The Labute approximate surface area is 87.1 Å². The molecule has 1 saturated heterocycles. The minimum absolute atomic E-state index is 0.468. The molecule has 1 aliphatic heterocycles. The molecule has 3 heteroatoms. The normalized spacial score (nSPS) is 22.9. The molecule has 1 N–H and O–H groups in total. The van der Waals surface area contributed by atoms with Gasteiger partial charge in [-0.15, -0.1) is 0 Å². The average molecular weight is 200 g/mol. The van der Waals surface area contributed by atoms with Gasteiger partial charge in [0.15, 0.2) is 0 Å². The van der Waals surface area contributed by atoms with Crippen LogP contribution < -0.4 is 0 Å². The number of hydrogen-bond acceptors (Lipinski definition) is 3. The van der Waals surface area contributed by atoms with Gasteiger partial charge in [0.05, 0.1) is 12.2 Å². The number of methoxy groups -OCH3 is 1. The van der Waals surface area contributed by atoms with E-state index in [-0.39, 0.29) is 0 Å². The Hall–Kier alpha value is -0.120. The monoisotopic (exact) mass is 200 g/mol. The molecule has 0 saturated carbocycles. The Bertz CT molecular complexity index is 163. The lowest BCUT2D eigenvalue weighted by atomic mass is 9.92. The van der Waals surface area contributed by atoms with Crippen molar-refractivity contribution in [2.75, 3.05) is 33.4 Å². The van der Waals surface area contributed by atoms with Crippen LogP contribution in [0.25, 0.3) is 0 Å². The maximum atomic E-state index is 10.1. The highest BCUT2D eigenvalue weighted by atomic mass is 16.5. The second-order valence-electron chi connectivity index (χ2n) is 4.64. The number of piperidine rings is 1. The van der Waals surface area contributed by atoms with Gasteiger partial charge in [-0.05, 0) is 18.8 Å². The fraction of sp³-hybridized carbons (Fsp3) is 0.909. The van der Waals surface area contributed by atoms with Crippen molar-refractivity contribution in [1.29, 1.82) is 0 Å². The maximum absolute atomic E-state index is 10.1. The minimum Gasteiger partial charge on any atom is -0.387 e. The molecule has 1 fully saturated rings. The van der Waals surface area contributed by atoms with Crippen molar-refractivity contribution >= 4 is 0 Å². The molecule has 3 nitrogen and oxygen atoms in total. The SMILES string of the molecule is COCC1(O)CCN(C[C](C)C)CC1. The molecule has 1 radical (unpaired) electrons. The van der Waals surface area contributed by atoms with Crippen LogP contribution in [-0.2, 0) is 4.74 Å². The summed E-state index contributed by atoms with van der Waals surface area (Å²) in [5.74, 6) is 1.43. The summed E-state index contributed by atoms with van der Waals surface area (Å²) in [4.78, 5) is 2.39. The minimum atomic E-state index is -0.576. The molecule has 0 atom stereocenters. The topological polar surface area (TPSA) is 32.7 Å². The first-order valence-electron chi connectivity index (χ1n) is 5.28. The van der Waals surface area contributed by atoms with E-state index in [0.29, 0.717) is 6.61 Å². The Balaban J connectivity index is 2.30. The van der Waals surface area contributed by atoms with Gasteiger partial charge in [0.25, 0.3) is 0 Å². The van der Waals surface area contributed by atoms with Crippen LogP contribution >= 0.6 is 0 Å². The van der Waals surface area contributed by atoms with Gasteiger partial charge in [0.1, 0.15) is 0 Å². The third-order valence-electron chi connectivity index (χ3n) is 2.74. The van der Waals surface area contributed by atoms with Crippen LogP contribution in [0, 0.1) is 5.92 Å². The second-order valence-corrected chi connectivity index (χ2v) is 4.64. The third kappa shape index (κ3) is 3.56. The highest BCUT2D eigenvalue weighted by Gasteiger charge is 2.32. The van der Waals surface area contributed by atoms with Crippen molar-refractivity contribution in [1.82, 2.24) is 4.90 Å². The molecule has 83 valence electrons. The summed E-state index contributed by atoms with van der Waals surface area (Å²) in [6, 6.07) is 0. The largest absolute Gasteiger partial charge is 0.387 e. The van der Waals surface area contributed by atoms with Gasteiger partial charge in [0.2, 0.25) is 0 Å². The first-order valence-corrected chi connectivity index (χ1v) is 5.28. The molecule has 14 heavy (non-hydrogen) atoms. The van der Waals surface area contributed by atoms with Crippen molar-refractivity contribution in [3.63, 3.8) is 0 Å². The van der Waals surface area contributed by atoms with Crippen molar-refractivity contribution in [2.24, 2.45) is 0 Å². The van der Waals surface area contributed by atoms with Gasteiger partial charge in [0, 0.05) is 26.7 Å². The van der Waals surface area contributed by atoms with E-state index in [4.69, 9.17) is 4.74 Å². The number of likely N-dealkylation sites (tertiary alicyclic amines) is 1. The Morgan fingerprint density at radius 1 is 1.36 bits per heavy atom. The van der Waals surface area contributed by atoms with Gasteiger partial charge in [-0.3, -0.25) is 0 Å². The lowest BCUT2D eigenvalue weighted by Crippen LogP contribution is -2.47. The molecular weight excluding hydrogens is 178 g/mol. The molecule has 0 bridgehead atoms. The summed E-state index contributed by atoms with van der Waals surface area (Å²) in [6.07, 6.45) is 1.66. The predicted octanol–water partition coefficient (Wildman–Crippen LogP) is 1.07. The highest BCUT2D eigenvalue weighted by molar-refractivity contribution is 4.89. The zero-order valence-corrected chi connectivity index (χ0v) is 9.55. The smallest absolute Gasteiger partial charge is 0.0904 e. The first-order chi connectivity index (χ1) is 6.56. The third-order valence-corrected chi connectivity index (χ3v) is 2.74. The number of rotatable bonds is 4. The van der Waals surface area contributed by atoms with E-state index < -0.39 is 5.60 Å². The number of ether oxygens (including phenoxy) is 1. The lowest BCUT2D eigenvalue weighted by Gasteiger charge is -2.38. The number of aliphatic hydroxyl groups is 1. The second kappa shape index (κ2) is 5.10. The average Bonchev–Trinajstić information content (AvgIpc) is 2.09. The van der Waals surface area contributed by atoms with Crippen LogP contribution in [0.15, 0.2) is 0 Å². The van der Waals surface area contributed by atoms with Crippen molar-refractivity contribution < 1.29 is 9.84 Å². The molecule has 0 aromatic heterocycles. The predicted molar refractivity (Wildman–Crippen MR) is 57.1 cm³/mol. The van der Waals surface area contributed by atoms with Crippen LogP contribution in [0.1, 0.15) is 26.7 Å². The maximum Gasteiger partial charge on any atom is 0.0904 e. The van der Waals surface area contributed by atoms with Gasteiger partial charge in [-0.2, -0.15) is 0 Å². The first kappa shape index (κ1) is 12.0. The Morgan fingerprint density at radius 2 is 1.93 bits per heavy atom. The van der Waals surface area contributed by atoms with E-state index in [2.05, 4.69) is 18.7 Å². The van der Waals surface area contributed by atoms with Crippen LogP contribution in [-0.4, -0.2) is 49.0 Å². The van der Waals surface area contributed by atoms with Gasteiger partial charge >= 0.3 is 0 Å². The molecule has 0 aromatic carbocycles. The molecule has 0 spiro atoms. The summed E-state index contributed by atoms with van der Waals surface area (Å²) in [6.45, 7) is 7.78. The standard InChI is InChI=1S/C11H22NO2/c1-10(2)8-12-6-4-11(13,5-7-12)9-14-3/h13H,4-9H2,1-3H3. The molecule has 0 aliphatic carbocycles. The van der Waals surface area contributed by atoms with E-state index in [1.807, 2.05) is 0 Å². The molecule has 1 rings (SSSR count). The molecule has 0 amide bonds. The fourth-order valence-electron chi connectivity index (χ4n) is 1.99. The number of hydrogen-bond donors (Lipinski definition) is 1. The molecule has 0 unspecified atom stereocenters. The summed E-state index contributed by atoms with van der Waals surface area (Å²) in [5, 5.41) is 10.1. The highest BCUT2D eigenvalue weighted by Crippen LogP contribution is 2.22. The zero-order chi connectivity index (χ0) is 10.6. The van der Waals surface area contributed by atoms with Crippen molar-refractivity contribution in [2.45, 2.75) is 32.3 Å². The summed E-state index contributed by atoms with van der Waals surface area (Å²) < 4.78 is 5.03. The fourth-order valence-corrected chi connectivity index (χ4v) is 1.99. The summed E-state index contributed by atoms with van der Waals surface area (Å²) in [7, 11) is 1.65.